The first-order chi connectivity index (χ1) is 13.9. The maximum atomic E-state index is 12.2. The minimum Gasteiger partial charge on any atom is -0.454 e. The fraction of sp³-hybridized carbons (Fsp3) is 0.348. The fourth-order valence-corrected chi connectivity index (χ4v) is 3.47. The SMILES string of the molecule is Cc1ccc(C(=O)NCC(=O)OCC(=O)NC2CCCc3ccccc32)cc1C. The van der Waals surface area contributed by atoms with Crippen LogP contribution in [0.15, 0.2) is 42.5 Å². The van der Waals surface area contributed by atoms with Crippen LogP contribution in [0.3, 0.4) is 0 Å². The Bertz CT molecular complexity index is 923. The van der Waals surface area contributed by atoms with Gasteiger partial charge < -0.3 is 15.4 Å². The molecule has 2 aromatic rings. The molecule has 0 heterocycles. The predicted molar refractivity (Wildman–Crippen MR) is 109 cm³/mol. The van der Waals surface area contributed by atoms with Crippen molar-refractivity contribution < 1.29 is 19.1 Å². The molecule has 2 aromatic carbocycles. The molecule has 6 nitrogen and oxygen atoms in total. The number of ether oxygens (including phenoxy) is 1. The van der Waals surface area contributed by atoms with Gasteiger partial charge in [-0.2, -0.15) is 0 Å². The minimum atomic E-state index is -0.652. The molecule has 0 saturated heterocycles. The van der Waals surface area contributed by atoms with Crippen LogP contribution in [0, 0.1) is 13.8 Å². The Morgan fingerprint density at radius 1 is 1.07 bits per heavy atom. The van der Waals surface area contributed by atoms with E-state index in [0.29, 0.717) is 5.56 Å². The molecule has 1 aliphatic rings. The van der Waals surface area contributed by atoms with E-state index < -0.39 is 5.97 Å². The maximum Gasteiger partial charge on any atom is 0.325 e. The highest BCUT2D eigenvalue weighted by Gasteiger charge is 2.21. The van der Waals surface area contributed by atoms with Crippen LogP contribution in [0.1, 0.15) is 51.5 Å². The van der Waals surface area contributed by atoms with E-state index in [1.165, 1.54) is 5.56 Å². The van der Waals surface area contributed by atoms with Crippen LogP contribution < -0.4 is 10.6 Å². The van der Waals surface area contributed by atoms with Crippen molar-refractivity contribution in [1.29, 1.82) is 0 Å². The average molecular weight is 394 g/mol. The molecule has 2 N–H and O–H groups in total. The van der Waals surface area contributed by atoms with Crippen molar-refractivity contribution in [2.75, 3.05) is 13.2 Å². The van der Waals surface area contributed by atoms with Gasteiger partial charge in [0, 0.05) is 5.56 Å². The van der Waals surface area contributed by atoms with Crippen molar-refractivity contribution in [3.05, 3.63) is 70.3 Å². The highest BCUT2D eigenvalue weighted by Crippen LogP contribution is 2.29. The van der Waals surface area contributed by atoms with Gasteiger partial charge in [0.2, 0.25) is 0 Å². The smallest absolute Gasteiger partial charge is 0.325 e. The predicted octanol–water partition coefficient (Wildman–Crippen LogP) is 2.77. The van der Waals surface area contributed by atoms with E-state index in [9.17, 15) is 14.4 Å². The lowest BCUT2D eigenvalue weighted by molar-refractivity contribution is -0.147. The monoisotopic (exact) mass is 394 g/mol. The van der Waals surface area contributed by atoms with E-state index in [0.717, 1.165) is 36.0 Å². The molecule has 1 aliphatic carbocycles. The number of rotatable bonds is 6. The van der Waals surface area contributed by atoms with Crippen LogP contribution in [-0.4, -0.2) is 30.9 Å². The van der Waals surface area contributed by atoms with Crippen molar-refractivity contribution in [3.63, 3.8) is 0 Å². The summed E-state index contributed by atoms with van der Waals surface area (Å²) in [7, 11) is 0. The van der Waals surface area contributed by atoms with E-state index in [4.69, 9.17) is 4.74 Å². The van der Waals surface area contributed by atoms with Crippen molar-refractivity contribution in [3.8, 4) is 0 Å². The maximum absolute atomic E-state index is 12.2. The quantitative estimate of drug-likeness (QED) is 0.738. The molecule has 3 rings (SSSR count). The second-order valence-electron chi connectivity index (χ2n) is 7.35. The molecular formula is C23H26N2O4. The number of nitrogens with one attached hydrogen (secondary N) is 2. The van der Waals surface area contributed by atoms with Gasteiger partial charge in [0.05, 0.1) is 6.04 Å². The minimum absolute atomic E-state index is 0.0596. The molecule has 2 amide bonds. The standard InChI is InChI=1S/C23H26N2O4/c1-15-10-11-18(12-16(15)2)23(28)24-13-22(27)29-14-21(26)25-20-9-5-7-17-6-3-4-8-19(17)20/h3-4,6,8,10-12,20H,5,7,9,13-14H2,1-2H3,(H,24,28)(H,25,26). The number of aryl methyl sites for hydroxylation is 3. The molecule has 0 spiro atoms. The second kappa shape index (κ2) is 9.37. The van der Waals surface area contributed by atoms with Gasteiger partial charge in [-0.15, -0.1) is 0 Å². The highest BCUT2D eigenvalue weighted by atomic mass is 16.5. The first kappa shape index (κ1) is 20.6. The zero-order valence-corrected chi connectivity index (χ0v) is 16.8. The van der Waals surface area contributed by atoms with Crippen molar-refractivity contribution in [2.24, 2.45) is 0 Å². The molecule has 0 bridgehead atoms. The molecule has 0 saturated carbocycles. The summed E-state index contributed by atoms with van der Waals surface area (Å²) in [4.78, 5) is 36.2. The number of carbonyl (C=O) groups is 3. The number of hydrogen-bond acceptors (Lipinski definition) is 4. The van der Waals surface area contributed by atoms with E-state index in [-0.39, 0.29) is 31.0 Å². The first-order valence-corrected chi connectivity index (χ1v) is 9.82. The van der Waals surface area contributed by atoms with Gasteiger partial charge in [-0.25, -0.2) is 0 Å². The number of amides is 2. The molecule has 0 radical (unpaired) electrons. The molecule has 152 valence electrons. The summed E-state index contributed by atoms with van der Waals surface area (Å²) in [6.07, 6.45) is 2.88. The lowest BCUT2D eigenvalue weighted by Crippen LogP contribution is -2.36. The average Bonchev–Trinajstić information content (AvgIpc) is 2.72. The molecule has 0 aromatic heterocycles. The van der Waals surface area contributed by atoms with E-state index in [1.807, 2.05) is 38.1 Å². The Balaban J connectivity index is 1.43. The van der Waals surface area contributed by atoms with Gasteiger partial charge in [0.25, 0.3) is 11.8 Å². The lowest BCUT2D eigenvalue weighted by atomic mass is 9.88. The van der Waals surface area contributed by atoms with Gasteiger partial charge >= 0.3 is 5.97 Å². The normalized spacial score (nSPS) is 15.2. The van der Waals surface area contributed by atoms with Crippen LogP contribution in [0.2, 0.25) is 0 Å². The van der Waals surface area contributed by atoms with Gasteiger partial charge in [0.1, 0.15) is 6.54 Å². The van der Waals surface area contributed by atoms with E-state index in [1.54, 1.807) is 12.1 Å². The number of benzene rings is 2. The van der Waals surface area contributed by atoms with Crippen LogP contribution >= 0.6 is 0 Å². The third kappa shape index (κ3) is 5.44. The zero-order valence-electron chi connectivity index (χ0n) is 16.8. The van der Waals surface area contributed by atoms with Gasteiger partial charge in [-0.05, 0) is 67.5 Å². The van der Waals surface area contributed by atoms with Crippen molar-refractivity contribution in [1.82, 2.24) is 10.6 Å². The summed E-state index contributed by atoms with van der Waals surface area (Å²) in [6.45, 7) is 3.23. The molecule has 6 heteroatoms. The van der Waals surface area contributed by atoms with E-state index in [2.05, 4.69) is 16.7 Å². The number of hydrogen-bond donors (Lipinski definition) is 2. The third-order valence-corrected chi connectivity index (χ3v) is 5.23. The Morgan fingerprint density at radius 3 is 2.66 bits per heavy atom. The number of esters is 1. The molecule has 1 atom stereocenters. The summed E-state index contributed by atoms with van der Waals surface area (Å²) in [5, 5.41) is 5.45. The molecule has 0 fully saturated rings. The Morgan fingerprint density at radius 2 is 1.86 bits per heavy atom. The van der Waals surface area contributed by atoms with Crippen LogP contribution in [-0.2, 0) is 20.7 Å². The van der Waals surface area contributed by atoms with Crippen LogP contribution in [0.5, 0.6) is 0 Å². The van der Waals surface area contributed by atoms with Gasteiger partial charge in [0.15, 0.2) is 6.61 Å². The Hall–Kier alpha value is -3.15. The van der Waals surface area contributed by atoms with Crippen molar-refractivity contribution in [2.45, 2.75) is 39.2 Å². The van der Waals surface area contributed by atoms with Crippen LogP contribution in [0.4, 0.5) is 0 Å². The molecular weight excluding hydrogens is 368 g/mol. The van der Waals surface area contributed by atoms with Gasteiger partial charge in [-0.1, -0.05) is 30.3 Å². The summed E-state index contributed by atoms with van der Waals surface area (Å²) >= 11 is 0. The largest absolute Gasteiger partial charge is 0.454 e. The van der Waals surface area contributed by atoms with Crippen LogP contribution in [0.25, 0.3) is 0 Å². The van der Waals surface area contributed by atoms with E-state index >= 15 is 0 Å². The highest BCUT2D eigenvalue weighted by molar-refractivity contribution is 5.96. The summed E-state index contributed by atoms with van der Waals surface area (Å²) in [5.41, 5.74) is 4.94. The molecule has 0 aliphatic heterocycles. The molecule has 1 unspecified atom stereocenters. The summed E-state index contributed by atoms with van der Waals surface area (Å²) < 4.78 is 5.00. The zero-order chi connectivity index (χ0) is 20.8. The summed E-state index contributed by atoms with van der Waals surface area (Å²) in [5.74, 6) is -1.35. The lowest BCUT2D eigenvalue weighted by Gasteiger charge is -2.26. The topological polar surface area (TPSA) is 84.5 Å². The number of fused-ring (bicyclic) bond motifs is 1. The summed E-state index contributed by atoms with van der Waals surface area (Å²) in [6, 6.07) is 13.3. The Kier molecular flexibility index (Phi) is 6.65. The van der Waals surface area contributed by atoms with Gasteiger partial charge in [-0.3, -0.25) is 14.4 Å². The molecule has 29 heavy (non-hydrogen) atoms. The second-order valence-corrected chi connectivity index (χ2v) is 7.35. The number of carbonyl (C=O) groups excluding carboxylic acids is 3. The fourth-order valence-electron chi connectivity index (χ4n) is 3.47. The van der Waals surface area contributed by atoms with Crippen molar-refractivity contribution >= 4 is 17.8 Å². The first-order valence-electron chi connectivity index (χ1n) is 9.82. The Labute approximate surface area is 170 Å². The third-order valence-electron chi connectivity index (χ3n) is 5.23.